The van der Waals surface area contributed by atoms with Gasteiger partial charge >= 0.3 is 17.9 Å². The van der Waals surface area contributed by atoms with E-state index >= 15 is 0 Å². The van der Waals surface area contributed by atoms with Crippen LogP contribution >= 0.6 is 0 Å². The number of esters is 3. The molecule has 358 valence electrons. The molecule has 0 saturated heterocycles. The topological polar surface area (TPSA) is 78.9 Å². The Labute approximate surface area is 379 Å². The monoisotopic (exact) mass is 859 g/mol. The summed E-state index contributed by atoms with van der Waals surface area (Å²) < 4.78 is 16.8. The summed E-state index contributed by atoms with van der Waals surface area (Å²) in [4.78, 5) is 38.0. The molecule has 0 aromatic carbocycles. The van der Waals surface area contributed by atoms with E-state index in [-0.39, 0.29) is 31.1 Å². The van der Waals surface area contributed by atoms with Crippen LogP contribution in [0.5, 0.6) is 0 Å². The van der Waals surface area contributed by atoms with Crippen LogP contribution in [0.4, 0.5) is 0 Å². The second kappa shape index (κ2) is 50.5. The van der Waals surface area contributed by atoms with Crippen molar-refractivity contribution in [2.45, 2.75) is 297 Å². The molecule has 0 aliphatic rings. The van der Waals surface area contributed by atoms with Gasteiger partial charge in [-0.15, -0.1) is 0 Å². The van der Waals surface area contributed by atoms with Crippen molar-refractivity contribution in [1.82, 2.24) is 0 Å². The summed E-state index contributed by atoms with van der Waals surface area (Å²) in [6.45, 7) is 6.62. The zero-order valence-corrected chi connectivity index (χ0v) is 40.9. The molecule has 6 heteroatoms. The SMILES string of the molecule is CCCC/C=C\CCCCCCCC(=O)OC[C@H](COC(=O)CCCCCCCCCCCCCCC)OC(=O)CCCCCCCCCCC/C=C\CCCCCCCC. The Hall–Kier alpha value is -2.11. The predicted molar refractivity (Wildman–Crippen MR) is 261 cm³/mol. The number of rotatable bonds is 49. The van der Waals surface area contributed by atoms with E-state index in [2.05, 4.69) is 45.1 Å². The molecule has 0 radical (unpaired) electrons. The zero-order chi connectivity index (χ0) is 44.4. The van der Waals surface area contributed by atoms with Gasteiger partial charge in [0.25, 0.3) is 0 Å². The lowest BCUT2D eigenvalue weighted by Crippen LogP contribution is -2.30. The van der Waals surface area contributed by atoms with Crippen LogP contribution in [-0.2, 0) is 28.6 Å². The molecule has 0 aromatic heterocycles. The van der Waals surface area contributed by atoms with Gasteiger partial charge in [0, 0.05) is 19.3 Å². The average Bonchev–Trinajstić information content (AvgIpc) is 3.26. The van der Waals surface area contributed by atoms with Gasteiger partial charge in [-0.25, -0.2) is 0 Å². The van der Waals surface area contributed by atoms with Crippen molar-refractivity contribution in [3.8, 4) is 0 Å². The molecular weight excluding hydrogens is 757 g/mol. The molecule has 0 amide bonds. The molecule has 0 rings (SSSR count). The Balaban J connectivity index is 4.30. The molecule has 0 N–H and O–H groups in total. The zero-order valence-electron chi connectivity index (χ0n) is 40.9. The van der Waals surface area contributed by atoms with Crippen molar-refractivity contribution in [3.63, 3.8) is 0 Å². The average molecular weight is 859 g/mol. The first-order chi connectivity index (χ1) is 30.0. The van der Waals surface area contributed by atoms with Gasteiger partial charge < -0.3 is 14.2 Å². The summed E-state index contributed by atoms with van der Waals surface area (Å²) in [5.74, 6) is -0.869. The van der Waals surface area contributed by atoms with Gasteiger partial charge in [-0.05, 0) is 64.2 Å². The van der Waals surface area contributed by atoms with Crippen LogP contribution in [0.15, 0.2) is 24.3 Å². The normalized spacial score (nSPS) is 12.1. The summed E-state index contributed by atoms with van der Waals surface area (Å²) in [6, 6.07) is 0. The molecule has 61 heavy (non-hydrogen) atoms. The quantitative estimate of drug-likeness (QED) is 0.0262. The highest BCUT2D eigenvalue weighted by molar-refractivity contribution is 5.71. The predicted octanol–water partition coefficient (Wildman–Crippen LogP) is 17.5. The van der Waals surface area contributed by atoms with Gasteiger partial charge in [-0.2, -0.15) is 0 Å². The Kier molecular flexibility index (Phi) is 48.8. The van der Waals surface area contributed by atoms with Gasteiger partial charge in [-0.1, -0.05) is 231 Å². The molecule has 1 atom stereocenters. The van der Waals surface area contributed by atoms with Crippen LogP contribution in [0.2, 0.25) is 0 Å². The van der Waals surface area contributed by atoms with E-state index in [1.165, 1.54) is 186 Å². The molecule has 0 saturated carbocycles. The number of allylic oxidation sites excluding steroid dienone is 4. The summed E-state index contributed by atoms with van der Waals surface area (Å²) in [6.07, 6.45) is 57.3. The highest BCUT2D eigenvalue weighted by Gasteiger charge is 2.19. The summed E-state index contributed by atoms with van der Waals surface area (Å²) in [5.41, 5.74) is 0. The maximum absolute atomic E-state index is 12.8. The standard InChI is InChI=1S/C55H102O6/c1-4-7-10-13-16-19-22-24-25-26-27-28-29-31-34-37-40-43-46-49-55(58)61-52(50-59-53(56)47-44-41-38-35-32-21-18-15-12-9-6-3)51-60-54(57)48-45-42-39-36-33-30-23-20-17-14-11-8-5-2/h15,18,24-25,52H,4-14,16-17,19-23,26-51H2,1-3H3/b18-15-,25-24-/t52-/m1/s1. The first-order valence-electron chi connectivity index (χ1n) is 26.8. The molecule has 0 aliphatic heterocycles. The van der Waals surface area contributed by atoms with E-state index in [1.54, 1.807) is 0 Å². The van der Waals surface area contributed by atoms with Crippen molar-refractivity contribution < 1.29 is 28.6 Å². The van der Waals surface area contributed by atoms with Gasteiger partial charge in [0.05, 0.1) is 0 Å². The van der Waals surface area contributed by atoms with Crippen molar-refractivity contribution in [3.05, 3.63) is 24.3 Å². The van der Waals surface area contributed by atoms with Crippen molar-refractivity contribution in [2.24, 2.45) is 0 Å². The third-order valence-corrected chi connectivity index (χ3v) is 11.9. The van der Waals surface area contributed by atoms with Crippen LogP contribution in [0.25, 0.3) is 0 Å². The molecule has 0 fully saturated rings. The second-order valence-electron chi connectivity index (χ2n) is 18.1. The van der Waals surface area contributed by atoms with Crippen LogP contribution in [0, 0.1) is 0 Å². The number of hydrogen-bond donors (Lipinski definition) is 0. The minimum atomic E-state index is -0.770. The van der Waals surface area contributed by atoms with Gasteiger partial charge in [0.15, 0.2) is 6.10 Å². The van der Waals surface area contributed by atoms with E-state index in [4.69, 9.17) is 14.2 Å². The second-order valence-corrected chi connectivity index (χ2v) is 18.1. The van der Waals surface area contributed by atoms with E-state index in [1.807, 2.05) is 0 Å². The van der Waals surface area contributed by atoms with Gasteiger partial charge in [0.1, 0.15) is 13.2 Å². The number of hydrogen-bond acceptors (Lipinski definition) is 6. The molecule has 0 unspecified atom stereocenters. The fraction of sp³-hybridized carbons (Fsp3) is 0.873. The number of unbranched alkanes of at least 4 members (excludes halogenated alkanes) is 34. The Morgan fingerprint density at radius 1 is 0.311 bits per heavy atom. The van der Waals surface area contributed by atoms with E-state index in [9.17, 15) is 14.4 Å². The minimum absolute atomic E-state index is 0.0708. The molecule has 0 aromatic rings. The maximum atomic E-state index is 12.8. The van der Waals surface area contributed by atoms with Crippen molar-refractivity contribution in [1.29, 1.82) is 0 Å². The molecule has 0 aliphatic carbocycles. The molecule has 6 nitrogen and oxygen atoms in total. The Morgan fingerprint density at radius 3 is 0.869 bits per heavy atom. The van der Waals surface area contributed by atoms with Gasteiger partial charge in [0.2, 0.25) is 0 Å². The maximum Gasteiger partial charge on any atom is 0.306 e. The Morgan fingerprint density at radius 2 is 0.557 bits per heavy atom. The first-order valence-corrected chi connectivity index (χ1v) is 26.8. The van der Waals surface area contributed by atoms with Crippen molar-refractivity contribution >= 4 is 17.9 Å². The summed E-state index contributed by atoms with van der Waals surface area (Å²) in [7, 11) is 0. The van der Waals surface area contributed by atoms with Crippen LogP contribution < -0.4 is 0 Å². The van der Waals surface area contributed by atoms with Crippen LogP contribution in [0.3, 0.4) is 0 Å². The molecule has 0 bridgehead atoms. The van der Waals surface area contributed by atoms with Crippen LogP contribution in [-0.4, -0.2) is 37.2 Å². The molecular formula is C55H102O6. The highest BCUT2D eigenvalue weighted by Crippen LogP contribution is 2.16. The smallest absolute Gasteiger partial charge is 0.306 e. The number of ether oxygens (including phenoxy) is 3. The van der Waals surface area contributed by atoms with Crippen LogP contribution in [0.1, 0.15) is 290 Å². The lowest BCUT2D eigenvalue weighted by atomic mass is 10.0. The minimum Gasteiger partial charge on any atom is -0.462 e. The third kappa shape index (κ3) is 48.8. The summed E-state index contributed by atoms with van der Waals surface area (Å²) in [5, 5.41) is 0. The van der Waals surface area contributed by atoms with E-state index in [0.29, 0.717) is 19.3 Å². The lowest BCUT2D eigenvalue weighted by Gasteiger charge is -2.18. The molecule has 0 heterocycles. The highest BCUT2D eigenvalue weighted by atomic mass is 16.6. The van der Waals surface area contributed by atoms with Gasteiger partial charge in [-0.3, -0.25) is 14.4 Å². The van der Waals surface area contributed by atoms with E-state index in [0.717, 1.165) is 64.2 Å². The fourth-order valence-corrected chi connectivity index (χ4v) is 7.83. The van der Waals surface area contributed by atoms with E-state index < -0.39 is 6.10 Å². The van der Waals surface area contributed by atoms with Crippen molar-refractivity contribution in [2.75, 3.05) is 13.2 Å². The largest absolute Gasteiger partial charge is 0.462 e. The Bertz CT molecular complexity index is 989. The first kappa shape index (κ1) is 58.9. The molecule has 0 spiro atoms. The lowest BCUT2D eigenvalue weighted by molar-refractivity contribution is -0.167. The third-order valence-electron chi connectivity index (χ3n) is 11.9. The number of carbonyl (C=O) groups excluding carboxylic acids is 3. The number of carbonyl (C=O) groups is 3. The summed E-state index contributed by atoms with van der Waals surface area (Å²) >= 11 is 0. The fourth-order valence-electron chi connectivity index (χ4n) is 7.83.